The van der Waals surface area contributed by atoms with Crippen molar-refractivity contribution in [2.24, 2.45) is 0 Å². The summed E-state index contributed by atoms with van der Waals surface area (Å²) in [5, 5.41) is 0.331. The van der Waals surface area contributed by atoms with Crippen molar-refractivity contribution >= 4 is 27.4 Å². The maximum Gasteiger partial charge on any atom is 0.173 e. The minimum atomic E-state index is 0.0729. The standard InChI is InChI=1S/C20H16BrNO/c1-14-11-12-22(20-15(2)5-3-4-6-18(14)20)17-9-7-16(8-10-17)19(23)13-21/h3-12H,1-2,13H2. The molecule has 0 saturated heterocycles. The Balaban J connectivity index is 2.03. The number of benzene rings is 1. The highest BCUT2D eigenvalue weighted by Crippen LogP contribution is 2.35. The molecule has 0 spiro atoms. The first-order chi connectivity index (χ1) is 11.1. The number of allylic oxidation sites excluding steroid dienone is 7. The molecular weight excluding hydrogens is 350 g/mol. The number of alkyl halides is 1. The molecular formula is C20H16BrNO. The van der Waals surface area contributed by atoms with Crippen molar-refractivity contribution in [3.8, 4) is 0 Å². The molecule has 0 N–H and O–H groups in total. The van der Waals surface area contributed by atoms with Crippen molar-refractivity contribution in [3.63, 3.8) is 0 Å². The summed E-state index contributed by atoms with van der Waals surface area (Å²) in [6.07, 6.45) is 12.0. The monoisotopic (exact) mass is 365 g/mol. The van der Waals surface area contributed by atoms with E-state index in [1.807, 2.05) is 60.8 Å². The van der Waals surface area contributed by atoms with Crippen LogP contribution in [0.5, 0.6) is 0 Å². The average Bonchev–Trinajstić information content (AvgIpc) is 2.78. The number of anilines is 1. The molecule has 1 aliphatic heterocycles. The molecule has 0 saturated carbocycles. The summed E-state index contributed by atoms with van der Waals surface area (Å²) in [4.78, 5) is 13.8. The fourth-order valence-corrected chi connectivity index (χ4v) is 2.95. The Hall–Kier alpha value is -2.39. The van der Waals surface area contributed by atoms with Crippen LogP contribution < -0.4 is 4.90 Å². The summed E-state index contributed by atoms with van der Waals surface area (Å²) in [6.45, 7) is 8.28. The normalized spacial score (nSPS) is 16.7. The first kappa shape index (κ1) is 15.5. The lowest BCUT2D eigenvalue weighted by Gasteiger charge is -2.30. The molecule has 1 heterocycles. The number of nitrogens with zero attached hydrogens (tertiary/aromatic N) is 1. The summed E-state index contributed by atoms with van der Waals surface area (Å²) in [5.41, 5.74) is 5.65. The molecule has 0 bridgehead atoms. The molecule has 0 unspecified atom stereocenters. The van der Waals surface area contributed by atoms with E-state index < -0.39 is 0 Å². The molecule has 3 heteroatoms. The van der Waals surface area contributed by atoms with Gasteiger partial charge in [0.2, 0.25) is 0 Å². The predicted molar refractivity (Wildman–Crippen MR) is 99.8 cm³/mol. The van der Waals surface area contributed by atoms with Gasteiger partial charge in [0.25, 0.3) is 0 Å². The van der Waals surface area contributed by atoms with Gasteiger partial charge in [-0.3, -0.25) is 4.79 Å². The van der Waals surface area contributed by atoms with Crippen LogP contribution >= 0.6 is 15.9 Å². The lowest BCUT2D eigenvalue weighted by molar-refractivity contribution is 0.102. The van der Waals surface area contributed by atoms with Gasteiger partial charge in [-0.05, 0) is 41.5 Å². The third kappa shape index (κ3) is 2.92. The van der Waals surface area contributed by atoms with E-state index in [1.165, 1.54) is 0 Å². The quantitative estimate of drug-likeness (QED) is 0.549. The molecule has 1 aromatic rings. The van der Waals surface area contributed by atoms with E-state index >= 15 is 0 Å². The molecule has 1 aromatic carbocycles. The third-order valence-corrected chi connectivity index (χ3v) is 4.34. The topological polar surface area (TPSA) is 20.3 Å². The fraction of sp³-hybridized carbons (Fsp3) is 0.0500. The third-order valence-electron chi connectivity index (χ3n) is 3.83. The van der Waals surface area contributed by atoms with Crippen LogP contribution in [0.25, 0.3) is 0 Å². The van der Waals surface area contributed by atoms with Gasteiger partial charge in [0.15, 0.2) is 5.78 Å². The Morgan fingerprint density at radius 3 is 2.39 bits per heavy atom. The fourth-order valence-electron chi connectivity index (χ4n) is 2.63. The SMILES string of the molecule is C=C1C=CN(c2ccc(C(=O)CBr)cc2)C2=C1C=CC=CC2=C. The number of rotatable bonds is 3. The first-order valence-electron chi connectivity index (χ1n) is 7.26. The van der Waals surface area contributed by atoms with Gasteiger partial charge in [-0.25, -0.2) is 0 Å². The Morgan fingerprint density at radius 2 is 1.70 bits per heavy atom. The van der Waals surface area contributed by atoms with Gasteiger partial charge in [0.1, 0.15) is 0 Å². The Morgan fingerprint density at radius 1 is 1.00 bits per heavy atom. The zero-order valence-corrected chi connectivity index (χ0v) is 14.2. The van der Waals surface area contributed by atoms with Crippen molar-refractivity contribution in [1.82, 2.24) is 0 Å². The molecule has 1 aliphatic carbocycles. The maximum absolute atomic E-state index is 11.7. The second-order valence-electron chi connectivity index (χ2n) is 5.32. The zero-order chi connectivity index (χ0) is 16.4. The minimum absolute atomic E-state index is 0.0729. The number of carbonyl (C=O) groups excluding carboxylic acids is 1. The van der Waals surface area contributed by atoms with Crippen LogP contribution in [-0.2, 0) is 0 Å². The molecule has 0 radical (unpaired) electrons. The smallest absolute Gasteiger partial charge is 0.173 e. The number of ketones is 1. The van der Waals surface area contributed by atoms with Gasteiger partial charge in [-0.1, -0.05) is 53.4 Å². The molecule has 0 fully saturated rings. The minimum Gasteiger partial charge on any atom is -0.316 e. The molecule has 0 atom stereocenters. The Labute approximate surface area is 144 Å². The molecule has 23 heavy (non-hydrogen) atoms. The van der Waals surface area contributed by atoms with Gasteiger partial charge < -0.3 is 4.90 Å². The Kier molecular flexibility index (Phi) is 4.30. The van der Waals surface area contributed by atoms with Crippen LogP contribution in [0.2, 0.25) is 0 Å². The molecule has 3 rings (SSSR count). The molecule has 0 amide bonds. The van der Waals surface area contributed by atoms with Gasteiger partial charge in [-0.15, -0.1) is 0 Å². The molecule has 0 aromatic heterocycles. The molecule has 2 aliphatic rings. The Bertz CT molecular complexity index is 807. The van der Waals surface area contributed by atoms with Crippen molar-refractivity contribution in [1.29, 1.82) is 0 Å². The van der Waals surface area contributed by atoms with E-state index in [-0.39, 0.29) is 5.78 Å². The van der Waals surface area contributed by atoms with Crippen molar-refractivity contribution in [2.75, 3.05) is 10.2 Å². The average molecular weight is 366 g/mol. The largest absolute Gasteiger partial charge is 0.316 e. The van der Waals surface area contributed by atoms with E-state index in [0.29, 0.717) is 10.9 Å². The summed E-state index contributed by atoms with van der Waals surface area (Å²) in [6, 6.07) is 7.60. The van der Waals surface area contributed by atoms with Gasteiger partial charge in [0, 0.05) is 23.0 Å². The number of Topliss-reactive ketones (excluding diaryl/α,β-unsaturated/α-hetero) is 1. The van der Waals surface area contributed by atoms with Gasteiger partial charge in [-0.2, -0.15) is 0 Å². The first-order valence-corrected chi connectivity index (χ1v) is 8.38. The highest BCUT2D eigenvalue weighted by molar-refractivity contribution is 9.09. The summed E-state index contributed by atoms with van der Waals surface area (Å²) < 4.78 is 0. The van der Waals surface area contributed by atoms with Gasteiger partial charge in [0.05, 0.1) is 11.0 Å². The number of carbonyl (C=O) groups is 1. The summed E-state index contributed by atoms with van der Waals surface area (Å²) >= 11 is 3.20. The van der Waals surface area contributed by atoms with Crippen LogP contribution in [0, 0.1) is 0 Å². The van der Waals surface area contributed by atoms with Crippen LogP contribution in [-0.4, -0.2) is 11.1 Å². The van der Waals surface area contributed by atoms with Crippen LogP contribution in [0.4, 0.5) is 5.69 Å². The van der Waals surface area contributed by atoms with E-state index in [9.17, 15) is 4.79 Å². The second kappa shape index (κ2) is 6.39. The van der Waals surface area contributed by atoms with Crippen molar-refractivity contribution in [2.45, 2.75) is 0 Å². The van der Waals surface area contributed by atoms with E-state index in [4.69, 9.17) is 0 Å². The lowest BCUT2D eigenvalue weighted by atomic mass is 9.97. The number of hydrogen-bond acceptors (Lipinski definition) is 2. The summed E-state index contributed by atoms with van der Waals surface area (Å²) in [5.74, 6) is 0.0729. The number of halogens is 1. The van der Waals surface area contributed by atoms with Crippen molar-refractivity contribution < 1.29 is 4.79 Å². The van der Waals surface area contributed by atoms with Crippen LogP contribution in [0.1, 0.15) is 10.4 Å². The van der Waals surface area contributed by atoms with Crippen LogP contribution in [0.3, 0.4) is 0 Å². The lowest BCUT2D eigenvalue weighted by Crippen LogP contribution is -2.21. The van der Waals surface area contributed by atoms with Crippen LogP contribution in [0.15, 0.2) is 96.4 Å². The predicted octanol–water partition coefficient (Wildman–Crippen LogP) is 5.09. The highest BCUT2D eigenvalue weighted by atomic mass is 79.9. The van der Waals surface area contributed by atoms with E-state index in [2.05, 4.69) is 34.0 Å². The summed E-state index contributed by atoms with van der Waals surface area (Å²) in [7, 11) is 0. The second-order valence-corrected chi connectivity index (χ2v) is 5.88. The van der Waals surface area contributed by atoms with Crippen molar-refractivity contribution in [3.05, 3.63) is 102 Å². The zero-order valence-electron chi connectivity index (χ0n) is 12.6. The van der Waals surface area contributed by atoms with E-state index in [1.54, 1.807) is 0 Å². The van der Waals surface area contributed by atoms with E-state index in [0.717, 1.165) is 28.1 Å². The number of hydrogen-bond donors (Lipinski definition) is 0. The van der Waals surface area contributed by atoms with Gasteiger partial charge >= 0.3 is 0 Å². The highest BCUT2D eigenvalue weighted by Gasteiger charge is 2.21. The molecule has 114 valence electrons. The maximum atomic E-state index is 11.7. The molecule has 2 nitrogen and oxygen atoms in total.